The van der Waals surface area contributed by atoms with Gasteiger partial charge in [-0.1, -0.05) is 11.6 Å². The molecule has 0 spiro atoms. The molecule has 1 rings (SSSR count). The molecule has 1 N–H and O–H groups in total. The van der Waals surface area contributed by atoms with Gasteiger partial charge in [-0.25, -0.2) is 0 Å². The minimum absolute atomic E-state index is 0.360. The van der Waals surface area contributed by atoms with Crippen molar-refractivity contribution in [1.29, 1.82) is 0 Å². The molecule has 1 atom stereocenters. The van der Waals surface area contributed by atoms with Crippen LogP contribution < -0.4 is 5.32 Å². The highest BCUT2D eigenvalue weighted by molar-refractivity contribution is 7.16. The molecule has 0 saturated carbocycles. The Bertz CT molecular complexity index is 264. The van der Waals surface area contributed by atoms with E-state index in [9.17, 15) is 0 Å². The predicted molar refractivity (Wildman–Crippen MR) is 62.2 cm³/mol. The van der Waals surface area contributed by atoms with Gasteiger partial charge in [-0.15, -0.1) is 11.3 Å². The van der Waals surface area contributed by atoms with E-state index < -0.39 is 0 Å². The summed E-state index contributed by atoms with van der Waals surface area (Å²) in [4.78, 5) is 1.28. The third kappa shape index (κ3) is 3.58. The van der Waals surface area contributed by atoms with Crippen LogP contribution in [0.1, 0.15) is 24.3 Å². The summed E-state index contributed by atoms with van der Waals surface area (Å²) in [7, 11) is 1.96. The van der Waals surface area contributed by atoms with Gasteiger partial charge in [0.05, 0.1) is 4.34 Å². The maximum absolute atomic E-state index is 5.88. The Labute approximate surface area is 94.2 Å². The van der Waals surface area contributed by atoms with Crippen molar-refractivity contribution in [2.24, 2.45) is 0 Å². The summed E-state index contributed by atoms with van der Waals surface area (Å²) in [6.45, 7) is 3.58. The van der Waals surface area contributed by atoms with Crippen LogP contribution in [0.3, 0.4) is 0 Å². The first-order chi connectivity index (χ1) is 6.77. The fraction of sp³-hybridized carbons (Fsp3) is 0.600. The lowest BCUT2D eigenvalue weighted by Gasteiger charge is -2.13. The molecule has 80 valence electrons. The van der Waals surface area contributed by atoms with Gasteiger partial charge >= 0.3 is 0 Å². The molecule has 4 heteroatoms. The summed E-state index contributed by atoms with van der Waals surface area (Å²) in [6, 6.07) is 4.37. The fourth-order valence-corrected chi connectivity index (χ4v) is 2.50. The quantitative estimate of drug-likeness (QED) is 0.763. The lowest BCUT2D eigenvalue weighted by molar-refractivity contribution is 0.137. The molecule has 0 amide bonds. The van der Waals surface area contributed by atoms with Gasteiger partial charge in [-0.2, -0.15) is 0 Å². The molecule has 2 nitrogen and oxygen atoms in total. The number of hydrogen-bond donors (Lipinski definition) is 1. The number of ether oxygens (including phenoxy) is 1. The molecule has 14 heavy (non-hydrogen) atoms. The summed E-state index contributed by atoms with van der Waals surface area (Å²) in [5, 5.41) is 3.26. The molecule has 0 aliphatic heterocycles. The van der Waals surface area contributed by atoms with Gasteiger partial charge in [0.2, 0.25) is 0 Å². The number of thiophene rings is 1. The Kier molecular flexibility index (Phi) is 5.48. The Morgan fingerprint density at radius 1 is 1.57 bits per heavy atom. The molecule has 0 fully saturated rings. The Balaban J connectivity index is 2.45. The smallest absolute Gasteiger partial charge is 0.0931 e. The third-order valence-electron chi connectivity index (χ3n) is 2.04. The van der Waals surface area contributed by atoms with E-state index in [2.05, 4.69) is 11.4 Å². The first kappa shape index (κ1) is 12.0. The number of hydrogen-bond acceptors (Lipinski definition) is 3. The molecule has 0 radical (unpaired) electrons. The normalized spacial score (nSPS) is 13.1. The molecule has 0 saturated heterocycles. The van der Waals surface area contributed by atoms with Crippen LogP contribution in [0.4, 0.5) is 0 Å². The highest BCUT2D eigenvalue weighted by atomic mass is 35.5. The fourth-order valence-electron chi connectivity index (χ4n) is 1.29. The molecule has 0 bridgehead atoms. The molecular weight excluding hydrogens is 218 g/mol. The van der Waals surface area contributed by atoms with E-state index in [1.54, 1.807) is 11.3 Å². The lowest BCUT2D eigenvalue weighted by atomic mass is 10.2. The summed E-state index contributed by atoms with van der Waals surface area (Å²) < 4.78 is 6.17. The number of rotatable bonds is 6. The van der Waals surface area contributed by atoms with Gasteiger partial charge < -0.3 is 10.1 Å². The summed E-state index contributed by atoms with van der Waals surface area (Å²) in [6.07, 6.45) is 0.987. The highest BCUT2D eigenvalue weighted by Crippen LogP contribution is 2.28. The van der Waals surface area contributed by atoms with E-state index in [1.165, 1.54) is 4.88 Å². The summed E-state index contributed by atoms with van der Waals surface area (Å²) >= 11 is 7.51. The number of halogens is 1. The second-order valence-electron chi connectivity index (χ2n) is 2.97. The minimum atomic E-state index is 0.360. The van der Waals surface area contributed by atoms with Gasteiger partial charge in [-0.3, -0.25) is 0 Å². The maximum Gasteiger partial charge on any atom is 0.0931 e. The van der Waals surface area contributed by atoms with Gasteiger partial charge in [0.25, 0.3) is 0 Å². The van der Waals surface area contributed by atoms with E-state index in [0.717, 1.165) is 24.0 Å². The largest absolute Gasteiger partial charge is 0.382 e. The van der Waals surface area contributed by atoms with Crippen molar-refractivity contribution in [2.75, 3.05) is 20.3 Å². The van der Waals surface area contributed by atoms with Gasteiger partial charge in [0.15, 0.2) is 0 Å². The second-order valence-corrected chi connectivity index (χ2v) is 4.72. The molecule has 0 aliphatic rings. The zero-order valence-electron chi connectivity index (χ0n) is 8.55. The number of nitrogens with one attached hydrogen (secondary N) is 1. The van der Waals surface area contributed by atoms with Crippen molar-refractivity contribution < 1.29 is 4.74 Å². The summed E-state index contributed by atoms with van der Waals surface area (Å²) in [5.41, 5.74) is 0. The van der Waals surface area contributed by atoms with Gasteiger partial charge in [0, 0.05) is 24.1 Å². The van der Waals surface area contributed by atoms with Crippen LogP contribution in [-0.4, -0.2) is 20.3 Å². The highest BCUT2D eigenvalue weighted by Gasteiger charge is 2.10. The molecule has 1 aromatic heterocycles. The van der Waals surface area contributed by atoms with Crippen LogP contribution in [-0.2, 0) is 4.74 Å². The molecule has 1 heterocycles. The average Bonchev–Trinajstić information content (AvgIpc) is 2.60. The molecule has 0 aliphatic carbocycles. The topological polar surface area (TPSA) is 21.3 Å². The van der Waals surface area contributed by atoms with Crippen molar-refractivity contribution in [3.63, 3.8) is 0 Å². The van der Waals surface area contributed by atoms with Gasteiger partial charge in [0.1, 0.15) is 0 Å². The monoisotopic (exact) mass is 233 g/mol. The van der Waals surface area contributed by atoms with Crippen molar-refractivity contribution in [3.8, 4) is 0 Å². The zero-order chi connectivity index (χ0) is 10.4. The second kappa shape index (κ2) is 6.40. The average molecular weight is 234 g/mol. The van der Waals surface area contributed by atoms with Crippen molar-refractivity contribution in [2.45, 2.75) is 19.4 Å². The Morgan fingerprint density at radius 3 is 2.86 bits per heavy atom. The van der Waals surface area contributed by atoms with E-state index in [4.69, 9.17) is 16.3 Å². The van der Waals surface area contributed by atoms with E-state index >= 15 is 0 Å². The SMILES string of the molecule is CCOCCC(NC)c1ccc(Cl)s1. The van der Waals surface area contributed by atoms with Gasteiger partial charge in [-0.05, 0) is 32.5 Å². The van der Waals surface area contributed by atoms with Crippen LogP contribution in [0.5, 0.6) is 0 Å². The first-order valence-electron chi connectivity index (χ1n) is 4.78. The lowest BCUT2D eigenvalue weighted by Crippen LogP contribution is -2.17. The Hall–Kier alpha value is -0.0900. The van der Waals surface area contributed by atoms with Crippen molar-refractivity contribution >= 4 is 22.9 Å². The third-order valence-corrected chi connectivity index (χ3v) is 3.39. The standard InChI is InChI=1S/C10H16ClNOS/c1-3-13-7-6-8(12-2)9-4-5-10(11)14-9/h4-5,8,12H,3,6-7H2,1-2H3. The predicted octanol–water partition coefficient (Wildman–Crippen LogP) is 3.09. The molecule has 1 aromatic rings. The van der Waals surface area contributed by atoms with Crippen molar-refractivity contribution in [3.05, 3.63) is 21.3 Å². The van der Waals surface area contributed by atoms with E-state index in [1.807, 2.05) is 20.0 Å². The molecular formula is C10H16ClNOS. The first-order valence-corrected chi connectivity index (χ1v) is 5.97. The van der Waals surface area contributed by atoms with E-state index in [-0.39, 0.29) is 0 Å². The van der Waals surface area contributed by atoms with Crippen LogP contribution in [0.25, 0.3) is 0 Å². The minimum Gasteiger partial charge on any atom is -0.382 e. The van der Waals surface area contributed by atoms with Crippen LogP contribution in [0.15, 0.2) is 12.1 Å². The van der Waals surface area contributed by atoms with Crippen LogP contribution in [0, 0.1) is 0 Å². The zero-order valence-corrected chi connectivity index (χ0v) is 10.1. The molecule has 0 aromatic carbocycles. The summed E-state index contributed by atoms with van der Waals surface area (Å²) in [5.74, 6) is 0. The molecule has 1 unspecified atom stereocenters. The van der Waals surface area contributed by atoms with E-state index in [0.29, 0.717) is 6.04 Å². The van der Waals surface area contributed by atoms with Crippen molar-refractivity contribution in [1.82, 2.24) is 5.32 Å². The maximum atomic E-state index is 5.88. The Morgan fingerprint density at radius 2 is 2.36 bits per heavy atom. The van der Waals surface area contributed by atoms with Crippen LogP contribution in [0.2, 0.25) is 4.34 Å². The van der Waals surface area contributed by atoms with Crippen LogP contribution >= 0.6 is 22.9 Å².